The number of aliphatic carboxylic acids is 1. The number of hydrogen-bond acceptors (Lipinski definition) is 3. The van der Waals surface area contributed by atoms with Gasteiger partial charge >= 0.3 is 5.97 Å². The molecule has 0 heterocycles. The summed E-state index contributed by atoms with van der Waals surface area (Å²) in [7, 11) is 1.63. The van der Waals surface area contributed by atoms with Gasteiger partial charge in [0.25, 0.3) is 0 Å². The average Bonchev–Trinajstić information content (AvgIpc) is 3.42. The highest BCUT2D eigenvalue weighted by molar-refractivity contribution is 5.90. The molecule has 2 aromatic rings. The second kappa shape index (κ2) is 6.51. The number of hydrogen-bond donors (Lipinski definition) is 1. The van der Waals surface area contributed by atoms with Gasteiger partial charge in [-0.15, -0.1) is 0 Å². The molecule has 1 atom stereocenters. The van der Waals surface area contributed by atoms with Crippen LogP contribution in [-0.4, -0.2) is 41.6 Å². The van der Waals surface area contributed by atoms with Gasteiger partial charge in [0.2, 0.25) is 5.91 Å². The van der Waals surface area contributed by atoms with Crippen molar-refractivity contribution < 1.29 is 19.4 Å². The molecular weight excluding hydrogens is 306 g/mol. The van der Waals surface area contributed by atoms with E-state index in [1.54, 1.807) is 7.11 Å². The lowest BCUT2D eigenvalue weighted by atomic mass is 9.96. The molecule has 0 spiro atoms. The number of fused-ring (bicyclic) bond motifs is 1. The third-order valence-corrected chi connectivity index (χ3v) is 4.52. The maximum Gasteiger partial charge on any atom is 0.323 e. The lowest BCUT2D eigenvalue weighted by Gasteiger charge is -2.24. The molecule has 0 saturated heterocycles. The van der Waals surface area contributed by atoms with Crippen LogP contribution in [0.3, 0.4) is 0 Å². The maximum atomic E-state index is 12.7. The Morgan fingerprint density at radius 1 is 1.21 bits per heavy atom. The van der Waals surface area contributed by atoms with Crippen molar-refractivity contribution >= 4 is 22.6 Å². The second-order valence-electron chi connectivity index (χ2n) is 6.29. The minimum absolute atomic E-state index is 0.0840. The van der Waals surface area contributed by atoms with Gasteiger partial charge in [0.1, 0.15) is 12.3 Å². The Labute approximate surface area is 140 Å². The standard InChI is InChI=1S/C19H21NO4/c1-12(19(23)20(11-18(21)22)16-6-7-16)13-3-4-15-10-17(24-2)8-5-14(15)9-13/h3-5,8-10,12,16H,6-7,11H2,1-2H3,(H,21,22). The lowest BCUT2D eigenvalue weighted by molar-refractivity contribution is -0.145. The fourth-order valence-corrected chi connectivity index (χ4v) is 2.95. The molecule has 1 aliphatic carbocycles. The number of benzene rings is 2. The highest BCUT2D eigenvalue weighted by Crippen LogP contribution is 2.31. The van der Waals surface area contributed by atoms with Crippen LogP contribution in [0.25, 0.3) is 10.8 Å². The van der Waals surface area contributed by atoms with E-state index in [4.69, 9.17) is 9.84 Å². The van der Waals surface area contributed by atoms with Crippen molar-refractivity contribution in [2.24, 2.45) is 0 Å². The van der Waals surface area contributed by atoms with Crippen LogP contribution in [0.15, 0.2) is 36.4 Å². The summed E-state index contributed by atoms with van der Waals surface area (Å²) in [5.41, 5.74) is 0.897. The molecule has 2 aromatic carbocycles. The van der Waals surface area contributed by atoms with E-state index in [0.717, 1.165) is 34.9 Å². The number of methoxy groups -OCH3 is 1. The van der Waals surface area contributed by atoms with E-state index in [1.807, 2.05) is 43.3 Å². The summed E-state index contributed by atoms with van der Waals surface area (Å²) in [6.07, 6.45) is 1.78. The van der Waals surface area contributed by atoms with Crippen molar-refractivity contribution in [1.29, 1.82) is 0 Å². The maximum absolute atomic E-state index is 12.7. The predicted octanol–water partition coefficient (Wildman–Crippen LogP) is 3.03. The zero-order valence-corrected chi connectivity index (χ0v) is 13.9. The van der Waals surface area contributed by atoms with Gasteiger partial charge in [0, 0.05) is 6.04 Å². The molecule has 126 valence electrons. The minimum atomic E-state index is -0.965. The van der Waals surface area contributed by atoms with E-state index in [2.05, 4.69) is 0 Å². The van der Waals surface area contributed by atoms with Gasteiger partial charge in [-0.25, -0.2) is 0 Å². The molecule has 24 heavy (non-hydrogen) atoms. The van der Waals surface area contributed by atoms with Crippen molar-refractivity contribution in [2.45, 2.75) is 31.7 Å². The van der Waals surface area contributed by atoms with Crippen LogP contribution in [0.1, 0.15) is 31.2 Å². The number of amides is 1. The number of carboxylic acid groups (broad SMARTS) is 1. The number of ether oxygens (including phenoxy) is 1. The van der Waals surface area contributed by atoms with Crippen LogP contribution in [0.4, 0.5) is 0 Å². The second-order valence-corrected chi connectivity index (χ2v) is 6.29. The molecule has 0 radical (unpaired) electrons. The van der Waals surface area contributed by atoms with Crippen molar-refractivity contribution in [3.8, 4) is 5.75 Å². The first-order valence-electron chi connectivity index (χ1n) is 8.09. The molecule has 1 N–H and O–H groups in total. The van der Waals surface area contributed by atoms with Crippen molar-refractivity contribution in [3.63, 3.8) is 0 Å². The molecule has 5 heteroatoms. The summed E-state index contributed by atoms with van der Waals surface area (Å²) < 4.78 is 5.22. The van der Waals surface area contributed by atoms with Gasteiger partial charge in [-0.3, -0.25) is 9.59 Å². The number of carbonyl (C=O) groups excluding carboxylic acids is 1. The highest BCUT2D eigenvalue weighted by atomic mass is 16.5. The molecule has 3 rings (SSSR count). The summed E-state index contributed by atoms with van der Waals surface area (Å²) in [6, 6.07) is 11.8. The Hall–Kier alpha value is -2.56. The molecule has 1 fully saturated rings. The molecular formula is C19H21NO4. The number of nitrogens with zero attached hydrogens (tertiary/aromatic N) is 1. The Morgan fingerprint density at radius 2 is 1.88 bits per heavy atom. The highest BCUT2D eigenvalue weighted by Gasteiger charge is 2.36. The third-order valence-electron chi connectivity index (χ3n) is 4.52. The summed E-state index contributed by atoms with van der Waals surface area (Å²) >= 11 is 0. The van der Waals surface area contributed by atoms with Crippen LogP contribution in [-0.2, 0) is 9.59 Å². The monoisotopic (exact) mass is 327 g/mol. The smallest absolute Gasteiger partial charge is 0.323 e. The van der Waals surface area contributed by atoms with Gasteiger partial charge in [-0.1, -0.05) is 24.3 Å². The molecule has 1 saturated carbocycles. The van der Waals surface area contributed by atoms with E-state index >= 15 is 0 Å². The van der Waals surface area contributed by atoms with Crippen LogP contribution in [0.2, 0.25) is 0 Å². The molecule has 1 aliphatic rings. The Kier molecular flexibility index (Phi) is 4.42. The molecule has 1 unspecified atom stereocenters. The van der Waals surface area contributed by atoms with E-state index in [-0.39, 0.29) is 24.4 Å². The van der Waals surface area contributed by atoms with Gasteiger partial charge in [0.05, 0.1) is 13.0 Å². The molecule has 1 amide bonds. The fraction of sp³-hybridized carbons (Fsp3) is 0.368. The first-order chi connectivity index (χ1) is 11.5. The lowest BCUT2D eigenvalue weighted by Crippen LogP contribution is -2.39. The fourth-order valence-electron chi connectivity index (χ4n) is 2.95. The first kappa shape index (κ1) is 16.3. The SMILES string of the molecule is COc1ccc2cc(C(C)C(=O)N(CC(=O)O)C3CC3)ccc2c1. The molecule has 5 nitrogen and oxygen atoms in total. The number of carbonyl (C=O) groups is 2. The summed E-state index contributed by atoms with van der Waals surface area (Å²) in [6.45, 7) is 1.61. The van der Waals surface area contributed by atoms with Gasteiger partial charge < -0.3 is 14.7 Å². The molecule has 0 aliphatic heterocycles. The Bertz CT molecular complexity index is 782. The van der Waals surface area contributed by atoms with Crippen LogP contribution < -0.4 is 4.74 Å². The Morgan fingerprint density at radius 3 is 2.50 bits per heavy atom. The normalized spacial score (nSPS) is 15.1. The van der Waals surface area contributed by atoms with Crippen molar-refractivity contribution in [3.05, 3.63) is 42.0 Å². The van der Waals surface area contributed by atoms with Gasteiger partial charge in [-0.2, -0.15) is 0 Å². The summed E-state index contributed by atoms with van der Waals surface area (Å²) in [5, 5.41) is 11.1. The summed E-state index contributed by atoms with van der Waals surface area (Å²) in [4.78, 5) is 25.3. The van der Waals surface area contributed by atoms with Crippen LogP contribution >= 0.6 is 0 Å². The van der Waals surface area contributed by atoms with E-state index in [9.17, 15) is 9.59 Å². The van der Waals surface area contributed by atoms with Gasteiger partial charge in [0.15, 0.2) is 0 Å². The average molecular weight is 327 g/mol. The van der Waals surface area contributed by atoms with Crippen LogP contribution in [0.5, 0.6) is 5.75 Å². The first-order valence-corrected chi connectivity index (χ1v) is 8.09. The summed E-state index contributed by atoms with van der Waals surface area (Å²) in [5.74, 6) is -0.655. The Balaban J connectivity index is 1.85. The largest absolute Gasteiger partial charge is 0.497 e. The van der Waals surface area contributed by atoms with E-state index in [1.165, 1.54) is 4.90 Å². The van der Waals surface area contributed by atoms with Gasteiger partial charge in [-0.05, 0) is 48.2 Å². The predicted molar refractivity (Wildman–Crippen MR) is 91.3 cm³/mol. The number of rotatable bonds is 6. The quantitative estimate of drug-likeness (QED) is 0.885. The zero-order valence-electron chi connectivity index (χ0n) is 13.9. The van der Waals surface area contributed by atoms with E-state index < -0.39 is 5.97 Å². The third kappa shape index (κ3) is 3.35. The van der Waals surface area contributed by atoms with Crippen molar-refractivity contribution in [1.82, 2.24) is 4.90 Å². The minimum Gasteiger partial charge on any atom is -0.497 e. The zero-order chi connectivity index (χ0) is 17.3. The number of carboxylic acids is 1. The molecule has 0 bridgehead atoms. The van der Waals surface area contributed by atoms with E-state index in [0.29, 0.717) is 0 Å². The van der Waals surface area contributed by atoms with Crippen molar-refractivity contribution in [2.75, 3.05) is 13.7 Å². The van der Waals surface area contributed by atoms with Crippen LogP contribution in [0, 0.1) is 0 Å². The topological polar surface area (TPSA) is 66.8 Å². The molecule has 0 aromatic heterocycles.